The van der Waals surface area contributed by atoms with Gasteiger partial charge >= 0.3 is 5.97 Å². The maximum absolute atomic E-state index is 11.3. The average molecular weight is 182 g/mol. The Hall–Kier alpha value is -1.45. The highest BCUT2D eigenvalue weighted by molar-refractivity contribution is 5.89. The van der Waals surface area contributed by atoms with Gasteiger partial charge in [-0.2, -0.15) is 0 Å². The molecule has 13 heavy (non-hydrogen) atoms. The molecule has 1 aromatic rings. The lowest BCUT2D eigenvalue weighted by Crippen LogP contribution is -2.10. The fourth-order valence-electron chi connectivity index (χ4n) is 1.12. The van der Waals surface area contributed by atoms with Crippen molar-refractivity contribution in [3.63, 3.8) is 0 Å². The monoisotopic (exact) mass is 182 g/mol. The highest BCUT2D eigenvalue weighted by Gasteiger charge is 2.14. The third kappa shape index (κ3) is 1.66. The molecular formula is C9H14N2O2. The number of nitrogen functional groups attached to an aromatic ring is 1. The van der Waals surface area contributed by atoms with Crippen LogP contribution >= 0.6 is 0 Å². The molecule has 1 heterocycles. The third-order valence-corrected chi connectivity index (χ3v) is 2.06. The summed E-state index contributed by atoms with van der Waals surface area (Å²) in [6, 6.07) is 1.63. The van der Waals surface area contributed by atoms with Gasteiger partial charge in [-0.05, 0) is 19.9 Å². The molecule has 0 saturated heterocycles. The van der Waals surface area contributed by atoms with E-state index in [1.54, 1.807) is 24.6 Å². The number of nitrogens with two attached hydrogens (primary N) is 1. The van der Waals surface area contributed by atoms with E-state index in [0.717, 1.165) is 5.69 Å². The first-order chi connectivity index (χ1) is 6.07. The predicted octanol–water partition coefficient (Wildman–Crippen LogP) is 1.09. The second-order valence-corrected chi connectivity index (χ2v) is 2.85. The quantitative estimate of drug-likeness (QED) is 0.696. The fraction of sp³-hybridized carbons (Fsp3) is 0.444. The minimum absolute atomic E-state index is 0.329. The van der Waals surface area contributed by atoms with E-state index < -0.39 is 0 Å². The molecule has 0 amide bonds. The summed E-state index contributed by atoms with van der Waals surface area (Å²) in [5.41, 5.74) is 7.64. The van der Waals surface area contributed by atoms with Gasteiger partial charge in [0.2, 0.25) is 0 Å². The van der Waals surface area contributed by atoms with Crippen molar-refractivity contribution in [1.82, 2.24) is 4.57 Å². The lowest BCUT2D eigenvalue weighted by atomic mass is 10.4. The number of esters is 1. The summed E-state index contributed by atoms with van der Waals surface area (Å²) >= 11 is 0. The van der Waals surface area contributed by atoms with Crippen LogP contribution in [-0.4, -0.2) is 17.1 Å². The number of hydrogen-bond donors (Lipinski definition) is 1. The van der Waals surface area contributed by atoms with Crippen molar-refractivity contribution in [1.29, 1.82) is 0 Å². The molecule has 4 nitrogen and oxygen atoms in total. The predicted molar refractivity (Wildman–Crippen MR) is 50.5 cm³/mol. The maximum Gasteiger partial charge on any atom is 0.355 e. The lowest BCUT2D eigenvalue weighted by Gasteiger charge is -2.03. The minimum atomic E-state index is -0.329. The second kappa shape index (κ2) is 3.51. The Labute approximate surface area is 77.3 Å². The summed E-state index contributed by atoms with van der Waals surface area (Å²) in [5.74, 6) is -0.329. The Morgan fingerprint density at radius 2 is 2.31 bits per heavy atom. The highest BCUT2D eigenvalue weighted by atomic mass is 16.5. The zero-order chi connectivity index (χ0) is 10.0. The number of aromatic nitrogens is 1. The molecular weight excluding hydrogens is 168 g/mol. The van der Waals surface area contributed by atoms with Crippen LogP contribution in [0.2, 0.25) is 0 Å². The molecule has 0 aliphatic carbocycles. The number of nitrogens with zero attached hydrogens (tertiary/aromatic N) is 1. The van der Waals surface area contributed by atoms with Crippen LogP contribution in [-0.2, 0) is 11.8 Å². The van der Waals surface area contributed by atoms with Crippen molar-refractivity contribution in [2.45, 2.75) is 13.8 Å². The molecule has 0 spiro atoms. The van der Waals surface area contributed by atoms with E-state index in [-0.39, 0.29) is 5.97 Å². The number of rotatable bonds is 2. The highest BCUT2D eigenvalue weighted by Crippen LogP contribution is 2.16. The zero-order valence-electron chi connectivity index (χ0n) is 8.13. The van der Waals surface area contributed by atoms with Gasteiger partial charge in [0, 0.05) is 12.7 Å². The van der Waals surface area contributed by atoms with Gasteiger partial charge in [0.05, 0.1) is 12.3 Å². The van der Waals surface area contributed by atoms with Crippen LogP contribution < -0.4 is 5.73 Å². The fourth-order valence-corrected chi connectivity index (χ4v) is 1.12. The van der Waals surface area contributed by atoms with Crippen LogP contribution in [0, 0.1) is 6.92 Å². The van der Waals surface area contributed by atoms with E-state index in [9.17, 15) is 4.79 Å². The Balaban J connectivity index is 3.01. The van der Waals surface area contributed by atoms with Crippen molar-refractivity contribution < 1.29 is 9.53 Å². The molecule has 0 atom stereocenters. The first-order valence-corrected chi connectivity index (χ1v) is 4.16. The maximum atomic E-state index is 11.3. The van der Waals surface area contributed by atoms with Crippen molar-refractivity contribution in [2.24, 2.45) is 7.05 Å². The van der Waals surface area contributed by atoms with Crippen molar-refractivity contribution >= 4 is 11.7 Å². The first-order valence-electron chi connectivity index (χ1n) is 4.16. The van der Waals surface area contributed by atoms with Gasteiger partial charge in [0.15, 0.2) is 0 Å². The number of anilines is 1. The molecule has 1 rings (SSSR count). The molecule has 0 bridgehead atoms. The van der Waals surface area contributed by atoms with Gasteiger partial charge in [0.25, 0.3) is 0 Å². The SMILES string of the molecule is CCOC(=O)c1cc(N)c(C)n1C. The van der Waals surface area contributed by atoms with Gasteiger partial charge in [-0.25, -0.2) is 4.79 Å². The molecule has 72 valence electrons. The molecule has 2 N–H and O–H groups in total. The Morgan fingerprint density at radius 3 is 2.69 bits per heavy atom. The summed E-state index contributed by atoms with van der Waals surface area (Å²) in [5, 5.41) is 0. The topological polar surface area (TPSA) is 57.2 Å². The largest absolute Gasteiger partial charge is 0.461 e. The molecule has 4 heteroatoms. The molecule has 1 aromatic heterocycles. The van der Waals surface area contributed by atoms with Crippen molar-refractivity contribution in [3.8, 4) is 0 Å². The normalized spacial score (nSPS) is 10.1. The summed E-state index contributed by atoms with van der Waals surface area (Å²) in [6.07, 6.45) is 0. The van der Waals surface area contributed by atoms with Gasteiger partial charge in [-0.15, -0.1) is 0 Å². The van der Waals surface area contributed by atoms with Crippen LogP contribution in [0.4, 0.5) is 5.69 Å². The number of carbonyl (C=O) groups excluding carboxylic acids is 1. The number of hydrogen-bond acceptors (Lipinski definition) is 3. The Kier molecular flexibility index (Phi) is 2.60. The summed E-state index contributed by atoms with van der Waals surface area (Å²) in [7, 11) is 1.79. The Morgan fingerprint density at radius 1 is 1.69 bits per heavy atom. The number of carbonyl (C=O) groups is 1. The molecule has 0 saturated carbocycles. The van der Waals surface area contributed by atoms with E-state index >= 15 is 0 Å². The smallest absolute Gasteiger partial charge is 0.355 e. The summed E-state index contributed by atoms with van der Waals surface area (Å²) < 4.78 is 6.59. The third-order valence-electron chi connectivity index (χ3n) is 2.06. The zero-order valence-corrected chi connectivity index (χ0v) is 8.13. The Bertz CT molecular complexity index is 329. The summed E-state index contributed by atoms with van der Waals surface area (Å²) in [4.78, 5) is 11.3. The molecule has 0 unspecified atom stereocenters. The minimum Gasteiger partial charge on any atom is -0.461 e. The molecule has 0 radical (unpaired) electrons. The van der Waals surface area contributed by atoms with E-state index in [0.29, 0.717) is 18.0 Å². The first kappa shape index (κ1) is 9.64. The van der Waals surface area contributed by atoms with Gasteiger partial charge in [0.1, 0.15) is 5.69 Å². The standard InChI is InChI=1S/C9H14N2O2/c1-4-13-9(12)8-5-7(10)6(2)11(8)3/h5H,4,10H2,1-3H3. The number of ether oxygens (including phenoxy) is 1. The second-order valence-electron chi connectivity index (χ2n) is 2.85. The van der Waals surface area contributed by atoms with Crippen LogP contribution in [0.3, 0.4) is 0 Å². The van der Waals surface area contributed by atoms with E-state index in [2.05, 4.69) is 0 Å². The van der Waals surface area contributed by atoms with Gasteiger partial charge < -0.3 is 15.0 Å². The van der Waals surface area contributed by atoms with E-state index in [1.165, 1.54) is 0 Å². The molecule has 0 fully saturated rings. The van der Waals surface area contributed by atoms with Gasteiger partial charge in [-0.1, -0.05) is 0 Å². The molecule has 0 aliphatic heterocycles. The van der Waals surface area contributed by atoms with Crippen LogP contribution in [0.5, 0.6) is 0 Å². The molecule has 0 aliphatic rings. The van der Waals surface area contributed by atoms with Crippen LogP contribution in [0.15, 0.2) is 6.07 Å². The van der Waals surface area contributed by atoms with Crippen LogP contribution in [0.25, 0.3) is 0 Å². The van der Waals surface area contributed by atoms with E-state index in [1.807, 2.05) is 6.92 Å². The molecule has 0 aromatic carbocycles. The van der Waals surface area contributed by atoms with Crippen molar-refractivity contribution in [2.75, 3.05) is 12.3 Å². The van der Waals surface area contributed by atoms with Crippen molar-refractivity contribution in [3.05, 3.63) is 17.5 Å². The lowest BCUT2D eigenvalue weighted by molar-refractivity contribution is 0.0515. The van der Waals surface area contributed by atoms with Gasteiger partial charge in [-0.3, -0.25) is 0 Å². The van der Waals surface area contributed by atoms with E-state index in [4.69, 9.17) is 10.5 Å². The summed E-state index contributed by atoms with van der Waals surface area (Å²) in [6.45, 7) is 4.01. The van der Waals surface area contributed by atoms with Crippen LogP contribution in [0.1, 0.15) is 23.1 Å². The average Bonchev–Trinajstić information content (AvgIpc) is 2.33.